The van der Waals surface area contributed by atoms with Crippen LogP contribution in [0.4, 0.5) is 0 Å². The molecule has 0 aliphatic carbocycles. The molecule has 25 heavy (non-hydrogen) atoms. The van der Waals surface area contributed by atoms with Crippen LogP contribution in [0, 0.1) is 0 Å². The molecule has 128 valence electrons. The first-order valence-corrected chi connectivity index (χ1v) is 9.03. The Hall–Kier alpha value is -2.17. The Balaban J connectivity index is 1.82. The first-order chi connectivity index (χ1) is 12.1. The van der Waals surface area contributed by atoms with Gasteiger partial charge in [-0.2, -0.15) is 0 Å². The highest BCUT2D eigenvalue weighted by Gasteiger charge is 2.18. The second kappa shape index (κ2) is 7.81. The van der Waals surface area contributed by atoms with E-state index in [0.29, 0.717) is 12.1 Å². The van der Waals surface area contributed by atoms with Crippen molar-refractivity contribution in [1.29, 1.82) is 0 Å². The van der Waals surface area contributed by atoms with Crippen LogP contribution in [0.25, 0.3) is 10.8 Å². The average molecular weight is 397 g/mol. The SMILES string of the molecule is CN(C)[C@@H](CNC(=O)c1ccc(Br)cc1)c1cccc2ccccc12. The van der Waals surface area contributed by atoms with Crippen molar-refractivity contribution in [3.05, 3.63) is 82.3 Å². The van der Waals surface area contributed by atoms with Gasteiger partial charge in [-0.15, -0.1) is 0 Å². The normalized spacial score (nSPS) is 12.3. The van der Waals surface area contributed by atoms with Gasteiger partial charge in [0.05, 0.1) is 6.04 Å². The summed E-state index contributed by atoms with van der Waals surface area (Å²) in [6.45, 7) is 0.551. The highest BCUT2D eigenvalue weighted by Crippen LogP contribution is 2.26. The fourth-order valence-electron chi connectivity index (χ4n) is 3.00. The lowest BCUT2D eigenvalue weighted by molar-refractivity contribution is 0.0942. The second-order valence-corrected chi connectivity index (χ2v) is 7.18. The number of halogens is 1. The van der Waals surface area contributed by atoms with Gasteiger partial charge in [-0.05, 0) is 54.7 Å². The lowest BCUT2D eigenvalue weighted by Gasteiger charge is -2.26. The van der Waals surface area contributed by atoms with Crippen molar-refractivity contribution in [2.75, 3.05) is 20.6 Å². The maximum atomic E-state index is 12.4. The molecule has 0 aromatic heterocycles. The van der Waals surface area contributed by atoms with E-state index >= 15 is 0 Å². The van der Waals surface area contributed by atoms with Crippen molar-refractivity contribution in [2.24, 2.45) is 0 Å². The molecule has 1 N–H and O–H groups in total. The molecule has 3 rings (SSSR count). The van der Waals surface area contributed by atoms with Crippen LogP contribution in [0.1, 0.15) is 22.0 Å². The molecule has 3 nitrogen and oxygen atoms in total. The van der Waals surface area contributed by atoms with Crippen molar-refractivity contribution in [3.63, 3.8) is 0 Å². The fraction of sp³-hybridized carbons (Fsp3) is 0.190. The van der Waals surface area contributed by atoms with E-state index in [1.165, 1.54) is 16.3 Å². The van der Waals surface area contributed by atoms with Crippen LogP contribution in [0.2, 0.25) is 0 Å². The van der Waals surface area contributed by atoms with Gasteiger partial charge < -0.3 is 10.2 Å². The van der Waals surface area contributed by atoms with E-state index in [1.807, 2.05) is 44.4 Å². The van der Waals surface area contributed by atoms with Crippen LogP contribution in [0.3, 0.4) is 0 Å². The summed E-state index contributed by atoms with van der Waals surface area (Å²) in [5, 5.41) is 5.50. The maximum absolute atomic E-state index is 12.4. The van der Waals surface area contributed by atoms with E-state index in [-0.39, 0.29) is 11.9 Å². The predicted molar refractivity (Wildman–Crippen MR) is 107 cm³/mol. The third-order valence-electron chi connectivity index (χ3n) is 4.37. The van der Waals surface area contributed by atoms with Gasteiger partial charge in [-0.3, -0.25) is 4.79 Å². The Bertz CT molecular complexity index is 869. The second-order valence-electron chi connectivity index (χ2n) is 6.26. The summed E-state index contributed by atoms with van der Waals surface area (Å²) >= 11 is 3.39. The van der Waals surface area contributed by atoms with E-state index < -0.39 is 0 Å². The molecule has 1 amide bonds. The molecule has 0 unspecified atom stereocenters. The molecule has 4 heteroatoms. The number of fused-ring (bicyclic) bond motifs is 1. The number of amides is 1. The Kier molecular flexibility index (Phi) is 5.51. The standard InChI is InChI=1S/C21H21BrN2O/c1-24(2)20(14-23-21(25)16-10-12-17(22)13-11-16)19-9-5-7-15-6-3-4-8-18(15)19/h3-13,20H,14H2,1-2H3,(H,23,25)/t20-/m0/s1. The van der Waals surface area contributed by atoms with Crippen LogP contribution < -0.4 is 5.32 Å². The molecule has 0 spiro atoms. The number of nitrogens with zero attached hydrogens (tertiary/aromatic N) is 1. The van der Waals surface area contributed by atoms with Gasteiger partial charge in [0.15, 0.2) is 0 Å². The van der Waals surface area contributed by atoms with Crippen molar-refractivity contribution in [2.45, 2.75) is 6.04 Å². The molecule has 0 saturated heterocycles. The molecule has 0 bridgehead atoms. The summed E-state index contributed by atoms with van der Waals surface area (Å²) in [6.07, 6.45) is 0. The number of rotatable bonds is 5. The number of carbonyl (C=O) groups is 1. The predicted octanol–water partition coefficient (Wildman–Crippen LogP) is 4.64. The number of hydrogen-bond donors (Lipinski definition) is 1. The quantitative estimate of drug-likeness (QED) is 0.681. The summed E-state index contributed by atoms with van der Waals surface area (Å²) in [5.74, 6) is -0.0559. The van der Waals surface area contributed by atoms with Gasteiger partial charge in [0, 0.05) is 16.6 Å². The summed E-state index contributed by atoms with van der Waals surface area (Å²) in [7, 11) is 4.08. The molecule has 3 aromatic rings. The van der Waals surface area contributed by atoms with Crippen molar-refractivity contribution >= 4 is 32.6 Å². The topological polar surface area (TPSA) is 32.3 Å². The zero-order valence-corrected chi connectivity index (χ0v) is 16.0. The smallest absolute Gasteiger partial charge is 0.251 e. The molecule has 0 heterocycles. The average Bonchev–Trinajstić information content (AvgIpc) is 2.62. The Labute approximate surface area is 156 Å². The molecular weight excluding hydrogens is 376 g/mol. The molecule has 1 atom stereocenters. The number of benzene rings is 3. The van der Waals surface area contributed by atoms with E-state index in [2.05, 4.69) is 62.5 Å². The van der Waals surface area contributed by atoms with Crippen LogP contribution in [-0.2, 0) is 0 Å². The summed E-state index contributed by atoms with van der Waals surface area (Å²) in [4.78, 5) is 14.6. The summed E-state index contributed by atoms with van der Waals surface area (Å²) in [5.41, 5.74) is 1.89. The van der Waals surface area contributed by atoms with Gasteiger partial charge in [0.1, 0.15) is 0 Å². The monoisotopic (exact) mass is 396 g/mol. The van der Waals surface area contributed by atoms with Gasteiger partial charge in [0.2, 0.25) is 0 Å². The minimum Gasteiger partial charge on any atom is -0.350 e. The van der Waals surface area contributed by atoms with E-state index in [4.69, 9.17) is 0 Å². The van der Waals surface area contributed by atoms with Crippen molar-refractivity contribution in [1.82, 2.24) is 10.2 Å². The van der Waals surface area contributed by atoms with E-state index in [1.54, 1.807) is 0 Å². The number of hydrogen-bond acceptors (Lipinski definition) is 2. The van der Waals surface area contributed by atoms with E-state index in [0.717, 1.165) is 4.47 Å². The Morgan fingerprint density at radius 1 is 1.00 bits per heavy atom. The first-order valence-electron chi connectivity index (χ1n) is 8.24. The zero-order chi connectivity index (χ0) is 17.8. The van der Waals surface area contributed by atoms with Crippen molar-refractivity contribution < 1.29 is 4.79 Å². The van der Waals surface area contributed by atoms with Gasteiger partial charge >= 0.3 is 0 Å². The lowest BCUT2D eigenvalue weighted by atomic mass is 9.98. The Morgan fingerprint density at radius 3 is 2.40 bits per heavy atom. The lowest BCUT2D eigenvalue weighted by Crippen LogP contribution is -2.34. The minimum atomic E-state index is -0.0559. The van der Waals surface area contributed by atoms with E-state index in [9.17, 15) is 4.79 Å². The number of likely N-dealkylation sites (N-methyl/N-ethyl adjacent to an activating group) is 1. The molecule has 0 aliphatic rings. The minimum absolute atomic E-state index is 0.0559. The first kappa shape index (κ1) is 17.6. The molecule has 0 radical (unpaired) electrons. The molecule has 0 aliphatic heterocycles. The van der Waals surface area contributed by atoms with Crippen LogP contribution >= 0.6 is 15.9 Å². The highest BCUT2D eigenvalue weighted by atomic mass is 79.9. The summed E-state index contributed by atoms with van der Waals surface area (Å²) < 4.78 is 0.964. The zero-order valence-electron chi connectivity index (χ0n) is 14.4. The third kappa shape index (κ3) is 4.09. The maximum Gasteiger partial charge on any atom is 0.251 e. The molecular formula is C21H21BrN2O. The van der Waals surface area contributed by atoms with Crippen LogP contribution in [-0.4, -0.2) is 31.4 Å². The van der Waals surface area contributed by atoms with Crippen LogP contribution in [0.5, 0.6) is 0 Å². The number of nitrogens with one attached hydrogen (secondary N) is 1. The third-order valence-corrected chi connectivity index (χ3v) is 4.90. The van der Waals surface area contributed by atoms with Gasteiger partial charge in [-0.25, -0.2) is 0 Å². The Morgan fingerprint density at radius 2 is 1.68 bits per heavy atom. The highest BCUT2D eigenvalue weighted by molar-refractivity contribution is 9.10. The summed E-state index contributed by atoms with van der Waals surface area (Å²) in [6, 6.07) is 22.2. The van der Waals surface area contributed by atoms with Crippen LogP contribution in [0.15, 0.2) is 71.2 Å². The molecule has 0 fully saturated rings. The van der Waals surface area contributed by atoms with Gasteiger partial charge in [0.25, 0.3) is 5.91 Å². The van der Waals surface area contributed by atoms with Crippen molar-refractivity contribution in [3.8, 4) is 0 Å². The molecule has 0 saturated carbocycles. The largest absolute Gasteiger partial charge is 0.350 e. The van der Waals surface area contributed by atoms with Gasteiger partial charge in [-0.1, -0.05) is 58.4 Å². The fourth-order valence-corrected chi connectivity index (χ4v) is 3.27. The number of carbonyl (C=O) groups excluding carboxylic acids is 1. The molecule has 3 aromatic carbocycles.